The zero-order valence-corrected chi connectivity index (χ0v) is 13.3. The summed E-state index contributed by atoms with van der Waals surface area (Å²) < 4.78 is 0. The quantitative estimate of drug-likeness (QED) is 0.736. The largest absolute Gasteiger partial charge is 0.298 e. The molecule has 0 atom stereocenters. The Labute approximate surface area is 137 Å². The molecule has 3 nitrogen and oxygen atoms in total. The maximum absolute atomic E-state index is 12.5. The molecule has 0 radical (unpaired) electrons. The van der Waals surface area contributed by atoms with Gasteiger partial charge in [0.2, 0.25) is 0 Å². The van der Waals surface area contributed by atoms with E-state index in [0.29, 0.717) is 15.6 Å². The minimum absolute atomic E-state index is 0.290. The molecule has 1 aliphatic rings. The fourth-order valence-corrected chi connectivity index (χ4v) is 3.17. The van der Waals surface area contributed by atoms with Gasteiger partial charge in [-0.2, -0.15) is 0 Å². The van der Waals surface area contributed by atoms with Crippen LogP contribution in [0, 0.1) is 6.92 Å². The van der Waals surface area contributed by atoms with E-state index in [1.807, 2.05) is 25.1 Å². The molecule has 1 aliphatic heterocycles. The van der Waals surface area contributed by atoms with Gasteiger partial charge < -0.3 is 0 Å². The molecule has 2 aromatic rings. The van der Waals surface area contributed by atoms with Gasteiger partial charge in [-0.25, -0.2) is 4.90 Å². The molecule has 0 unspecified atom stereocenters. The van der Waals surface area contributed by atoms with E-state index in [9.17, 15) is 9.59 Å². The van der Waals surface area contributed by atoms with Gasteiger partial charge in [0.25, 0.3) is 11.1 Å². The molecule has 2 amide bonds. The SMILES string of the molecule is Cc1ccc(N2C(=O)S/C(=C\c3cccc(Cl)c3)C2=O)cc1. The van der Waals surface area contributed by atoms with Crippen molar-refractivity contribution in [3.63, 3.8) is 0 Å². The molecule has 3 rings (SSSR count). The summed E-state index contributed by atoms with van der Waals surface area (Å²) in [6.45, 7) is 1.95. The Morgan fingerprint density at radius 3 is 2.50 bits per heavy atom. The number of carbonyl (C=O) groups is 2. The zero-order chi connectivity index (χ0) is 15.7. The number of halogens is 1. The Morgan fingerprint density at radius 2 is 1.82 bits per heavy atom. The highest BCUT2D eigenvalue weighted by Gasteiger charge is 2.36. The van der Waals surface area contributed by atoms with Gasteiger partial charge in [-0.1, -0.05) is 41.4 Å². The second kappa shape index (κ2) is 5.99. The summed E-state index contributed by atoms with van der Waals surface area (Å²) >= 11 is 6.87. The number of rotatable bonds is 2. The fourth-order valence-electron chi connectivity index (χ4n) is 2.13. The van der Waals surface area contributed by atoms with E-state index >= 15 is 0 Å². The molecule has 1 heterocycles. The number of carbonyl (C=O) groups excluding carboxylic acids is 2. The fraction of sp³-hybridized carbons (Fsp3) is 0.0588. The van der Waals surface area contributed by atoms with Crippen LogP contribution in [0.25, 0.3) is 6.08 Å². The molecule has 0 aromatic heterocycles. The molecule has 22 heavy (non-hydrogen) atoms. The number of benzene rings is 2. The number of aryl methyl sites for hydroxylation is 1. The Hall–Kier alpha value is -2.04. The maximum atomic E-state index is 12.5. The van der Waals surface area contributed by atoms with Crippen molar-refractivity contribution in [2.75, 3.05) is 4.90 Å². The van der Waals surface area contributed by atoms with Crippen LogP contribution in [-0.2, 0) is 4.79 Å². The van der Waals surface area contributed by atoms with Crippen molar-refractivity contribution in [1.82, 2.24) is 0 Å². The lowest BCUT2D eigenvalue weighted by molar-refractivity contribution is -0.113. The van der Waals surface area contributed by atoms with Gasteiger partial charge in [0, 0.05) is 5.02 Å². The van der Waals surface area contributed by atoms with Gasteiger partial charge in [0.05, 0.1) is 10.6 Å². The molecule has 5 heteroatoms. The topological polar surface area (TPSA) is 37.4 Å². The van der Waals surface area contributed by atoms with Crippen LogP contribution in [0.3, 0.4) is 0 Å². The summed E-state index contributed by atoms with van der Waals surface area (Å²) in [6.07, 6.45) is 1.69. The Balaban J connectivity index is 1.93. The highest BCUT2D eigenvalue weighted by molar-refractivity contribution is 8.19. The first-order valence-electron chi connectivity index (χ1n) is 6.65. The molecule has 0 saturated carbocycles. The van der Waals surface area contributed by atoms with Crippen LogP contribution in [0.1, 0.15) is 11.1 Å². The van der Waals surface area contributed by atoms with Crippen LogP contribution in [0.5, 0.6) is 0 Å². The monoisotopic (exact) mass is 329 g/mol. The number of anilines is 1. The third-order valence-corrected chi connectivity index (χ3v) is 4.34. The Morgan fingerprint density at radius 1 is 1.09 bits per heavy atom. The number of thioether (sulfide) groups is 1. The van der Waals surface area contributed by atoms with E-state index in [-0.39, 0.29) is 11.1 Å². The highest BCUT2D eigenvalue weighted by atomic mass is 35.5. The van der Waals surface area contributed by atoms with Gasteiger partial charge in [-0.15, -0.1) is 0 Å². The number of nitrogens with zero attached hydrogens (tertiary/aromatic N) is 1. The van der Waals surface area contributed by atoms with Crippen molar-refractivity contribution in [2.24, 2.45) is 0 Å². The third kappa shape index (κ3) is 2.93. The minimum Gasteiger partial charge on any atom is -0.268 e. The second-order valence-corrected chi connectivity index (χ2v) is 6.34. The molecule has 0 aliphatic carbocycles. The van der Waals surface area contributed by atoms with Crippen molar-refractivity contribution < 1.29 is 9.59 Å². The summed E-state index contributed by atoms with van der Waals surface area (Å²) in [5, 5.41) is 0.300. The van der Waals surface area contributed by atoms with Crippen molar-refractivity contribution >= 4 is 46.3 Å². The molecule has 0 N–H and O–H groups in total. The lowest BCUT2D eigenvalue weighted by atomic mass is 10.2. The lowest BCUT2D eigenvalue weighted by Crippen LogP contribution is -2.27. The Kier molecular flexibility index (Phi) is 4.05. The van der Waals surface area contributed by atoms with Gasteiger partial charge >= 0.3 is 0 Å². The van der Waals surface area contributed by atoms with Crippen LogP contribution >= 0.6 is 23.4 Å². The van der Waals surface area contributed by atoms with E-state index in [0.717, 1.165) is 22.9 Å². The smallest absolute Gasteiger partial charge is 0.268 e. The zero-order valence-electron chi connectivity index (χ0n) is 11.7. The number of imide groups is 1. The molecule has 1 saturated heterocycles. The summed E-state index contributed by atoms with van der Waals surface area (Å²) in [5.74, 6) is -0.307. The molecular formula is C17H12ClNO2S. The molecule has 2 aromatic carbocycles. The van der Waals surface area contributed by atoms with E-state index < -0.39 is 0 Å². The average molecular weight is 330 g/mol. The van der Waals surface area contributed by atoms with E-state index in [4.69, 9.17) is 11.6 Å². The van der Waals surface area contributed by atoms with Gasteiger partial charge in [-0.3, -0.25) is 9.59 Å². The summed E-state index contributed by atoms with van der Waals surface area (Å²) in [4.78, 5) is 26.2. The normalized spacial score (nSPS) is 16.6. The second-order valence-electron chi connectivity index (χ2n) is 4.91. The van der Waals surface area contributed by atoms with Crippen molar-refractivity contribution in [1.29, 1.82) is 0 Å². The van der Waals surface area contributed by atoms with E-state index in [2.05, 4.69) is 0 Å². The summed E-state index contributed by atoms with van der Waals surface area (Å²) in [6, 6.07) is 14.4. The van der Waals surface area contributed by atoms with Crippen molar-refractivity contribution in [3.05, 3.63) is 69.6 Å². The van der Waals surface area contributed by atoms with Crippen LogP contribution in [0.4, 0.5) is 10.5 Å². The Bertz CT molecular complexity index is 784. The molecular weight excluding hydrogens is 318 g/mol. The number of amides is 2. The van der Waals surface area contributed by atoms with Crippen molar-refractivity contribution in [2.45, 2.75) is 6.92 Å². The highest BCUT2D eigenvalue weighted by Crippen LogP contribution is 2.35. The van der Waals surface area contributed by atoms with E-state index in [1.54, 1.807) is 36.4 Å². The van der Waals surface area contributed by atoms with Crippen LogP contribution in [0.2, 0.25) is 5.02 Å². The summed E-state index contributed by atoms with van der Waals surface area (Å²) in [7, 11) is 0. The van der Waals surface area contributed by atoms with Crippen molar-refractivity contribution in [3.8, 4) is 0 Å². The van der Waals surface area contributed by atoms with Gasteiger partial charge in [0.15, 0.2) is 0 Å². The standard InChI is InChI=1S/C17H12ClNO2S/c1-11-5-7-14(8-6-11)19-16(20)15(22-17(19)21)10-12-3-2-4-13(18)9-12/h2-10H,1H3/b15-10-. The first kappa shape index (κ1) is 14.9. The lowest BCUT2D eigenvalue weighted by Gasteiger charge is -2.12. The molecule has 0 bridgehead atoms. The van der Waals surface area contributed by atoms with Crippen LogP contribution in [-0.4, -0.2) is 11.1 Å². The summed E-state index contributed by atoms with van der Waals surface area (Å²) in [5.41, 5.74) is 2.45. The predicted molar refractivity (Wildman–Crippen MR) is 91.1 cm³/mol. The molecule has 0 spiro atoms. The van der Waals surface area contributed by atoms with Crippen LogP contribution < -0.4 is 4.90 Å². The third-order valence-electron chi connectivity index (χ3n) is 3.23. The molecule has 110 valence electrons. The first-order valence-corrected chi connectivity index (χ1v) is 7.84. The maximum Gasteiger partial charge on any atom is 0.298 e. The molecule has 1 fully saturated rings. The number of hydrogen-bond acceptors (Lipinski definition) is 3. The van der Waals surface area contributed by atoms with Crippen LogP contribution in [0.15, 0.2) is 53.4 Å². The van der Waals surface area contributed by atoms with Gasteiger partial charge in [-0.05, 0) is 54.6 Å². The number of hydrogen-bond donors (Lipinski definition) is 0. The first-order chi connectivity index (χ1) is 10.5. The minimum atomic E-state index is -0.307. The van der Waals surface area contributed by atoms with E-state index in [1.165, 1.54) is 4.90 Å². The average Bonchev–Trinajstić information content (AvgIpc) is 2.75. The predicted octanol–water partition coefficient (Wildman–Crippen LogP) is 4.89. The van der Waals surface area contributed by atoms with Gasteiger partial charge in [0.1, 0.15) is 0 Å².